The van der Waals surface area contributed by atoms with Crippen molar-refractivity contribution in [2.75, 3.05) is 6.61 Å². The monoisotopic (exact) mass is 328 g/mol. The van der Waals surface area contributed by atoms with Crippen molar-refractivity contribution in [2.24, 2.45) is 0 Å². The summed E-state index contributed by atoms with van der Waals surface area (Å²) >= 11 is 0. The van der Waals surface area contributed by atoms with E-state index in [4.69, 9.17) is 4.74 Å². The molecule has 0 aromatic heterocycles. The van der Waals surface area contributed by atoms with Crippen LogP contribution in [0.15, 0.2) is 23.8 Å². The summed E-state index contributed by atoms with van der Waals surface area (Å²) < 4.78 is 5.18. The van der Waals surface area contributed by atoms with Crippen LogP contribution in [0, 0.1) is 0 Å². The molecule has 0 saturated carbocycles. The molecule has 5 atom stereocenters. The molecule has 2 N–H and O–H groups in total. The van der Waals surface area contributed by atoms with Gasteiger partial charge in [0.25, 0.3) is 5.91 Å². The first-order valence-electron chi connectivity index (χ1n) is 6.61. The average Bonchev–Trinajstić information content (AvgIpc) is 3.10. The first kappa shape index (κ1) is 16.3. The molecule has 114 valence electrons. The Balaban J connectivity index is 1.93. The molecule has 2 amide bonds. The minimum absolute atomic E-state index is 0.0178. The molecule has 1 fully saturated rings. The van der Waals surface area contributed by atoms with Crippen molar-refractivity contribution < 1.29 is 19.1 Å². The number of amides is 2. The maximum Gasteiger partial charge on any atom is 0.251 e. The van der Waals surface area contributed by atoms with Gasteiger partial charge < -0.3 is 15.4 Å². The number of ketones is 1. The lowest BCUT2D eigenvalue weighted by Gasteiger charge is -2.20. The SMILES string of the molecule is C[C@@H]1OCC(=O)[C@H]1NC(=O)[C@@H](NC(=O)C1=CCC=C1)PP. The van der Waals surface area contributed by atoms with Crippen molar-refractivity contribution in [3.8, 4) is 0 Å². The lowest BCUT2D eigenvalue weighted by atomic mass is 10.1. The molecule has 6 nitrogen and oxygen atoms in total. The van der Waals surface area contributed by atoms with Crippen molar-refractivity contribution in [3.63, 3.8) is 0 Å². The van der Waals surface area contributed by atoms with Gasteiger partial charge >= 0.3 is 0 Å². The number of nitrogens with one attached hydrogen (secondary N) is 2. The number of rotatable bonds is 5. The van der Waals surface area contributed by atoms with Crippen molar-refractivity contribution in [3.05, 3.63) is 23.8 Å². The average molecular weight is 328 g/mol. The van der Waals surface area contributed by atoms with Crippen molar-refractivity contribution in [1.29, 1.82) is 0 Å². The fourth-order valence-corrected chi connectivity index (χ4v) is 3.27. The zero-order valence-corrected chi connectivity index (χ0v) is 13.7. The minimum Gasteiger partial charge on any atom is -0.368 e. The molecule has 1 aliphatic heterocycles. The van der Waals surface area contributed by atoms with Crippen LogP contribution >= 0.6 is 17.2 Å². The molecule has 21 heavy (non-hydrogen) atoms. The Hall–Kier alpha value is -1.09. The Morgan fingerprint density at radius 3 is 2.81 bits per heavy atom. The van der Waals surface area contributed by atoms with Gasteiger partial charge in [-0.3, -0.25) is 14.4 Å². The van der Waals surface area contributed by atoms with E-state index in [2.05, 4.69) is 19.6 Å². The molecule has 2 aliphatic rings. The Morgan fingerprint density at radius 2 is 2.29 bits per heavy atom. The minimum atomic E-state index is -0.669. The molecule has 1 saturated heterocycles. The van der Waals surface area contributed by atoms with E-state index in [0.29, 0.717) is 5.57 Å². The standard InChI is InChI=1S/C13H18N2O4P2/c1-7-10(9(16)6-19-7)14-12(18)13(21-20)15-11(17)8-4-2-3-5-8/h2,4-5,7,10,13,21H,3,6,20H2,1H3,(H,14,18)(H,15,17)/t7-,10-,13-/m0/s1. The van der Waals surface area contributed by atoms with Gasteiger partial charge in [0, 0.05) is 5.57 Å². The third-order valence-electron chi connectivity index (χ3n) is 3.34. The van der Waals surface area contributed by atoms with Gasteiger partial charge in [-0.1, -0.05) is 26.5 Å². The van der Waals surface area contributed by atoms with Crippen LogP contribution in [0.4, 0.5) is 0 Å². The zero-order valence-electron chi connectivity index (χ0n) is 11.6. The molecular formula is C13H18N2O4P2. The maximum atomic E-state index is 12.2. The number of hydrogen-bond acceptors (Lipinski definition) is 4. The quantitative estimate of drug-likeness (QED) is 0.709. The molecule has 0 aromatic carbocycles. The van der Waals surface area contributed by atoms with Gasteiger partial charge in [-0.15, -0.1) is 8.93 Å². The largest absolute Gasteiger partial charge is 0.368 e. The number of hydrogen-bond donors (Lipinski definition) is 2. The summed E-state index contributed by atoms with van der Waals surface area (Å²) in [6.45, 7) is 1.75. The molecule has 1 aliphatic carbocycles. The van der Waals surface area contributed by atoms with Crippen molar-refractivity contribution in [2.45, 2.75) is 31.3 Å². The lowest BCUT2D eigenvalue weighted by Crippen LogP contribution is -2.51. The van der Waals surface area contributed by atoms with Crippen LogP contribution in [0.1, 0.15) is 13.3 Å². The molecule has 0 radical (unpaired) electrons. The van der Waals surface area contributed by atoms with Gasteiger partial charge in [-0.25, -0.2) is 0 Å². The fourth-order valence-electron chi connectivity index (χ4n) is 2.12. The second kappa shape index (κ2) is 7.26. The molecule has 0 spiro atoms. The number of carbonyl (C=O) groups excluding carboxylic acids is 3. The summed E-state index contributed by atoms with van der Waals surface area (Å²) in [6.07, 6.45) is 5.79. The predicted octanol–water partition coefficient (Wildman–Crippen LogP) is 0.256. The Labute approximate surface area is 127 Å². The highest BCUT2D eigenvalue weighted by molar-refractivity contribution is 8.03. The number of ether oxygens (including phenoxy) is 1. The van der Waals surface area contributed by atoms with Crippen molar-refractivity contribution in [1.82, 2.24) is 10.6 Å². The van der Waals surface area contributed by atoms with Gasteiger partial charge in [0.1, 0.15) is 18.4 Å². The van der Waals surface area contributed by atoms with E-state index < -0.39 is 11.8 Å². The molecule has 2 unspecified atom stereocenters. The summed E-state index contributed by atoms with van der Waals surface area (Å²) in [5, 5.41) is 5.33. The summed E-state index contributed by atoms with van der Waals surface area (Å²) in [5.41, 5.74) is 0.560. The topological polar surface area (TPSA) is 84.5 Å². The predicted molar refractivity (Wildman–Crippen MR) is 84.1 cm³/mol. The molecule has 0 bridgehead atoms. The Bertz CT molecular complexity index is 518. The van der Waals surface area contributed by atoms with Crippen LogP contribution < -0.4 is 10.6 Å². The van der Waals surface area contributed by atoms with Crippen LogP contribution in [-0.4, -0.2) is 42.1 Å². The van der Waals surface area contributed by atoms with E-state index in [1.165, 1.54) is 0 Å². The summed E-state index contributed by atoms with van der Waals surface area (Å²) in [4.78, 5) is 35.8. The Morgan fingerprint density at radius 1 is 1.52 bits per heavy atom. The molecular weight excluding hydrogens is 310 g/mol. The van der Waals surface area contributed by atoms with Gasteiger partial charge in [-0.2, -0.15) is 0 Å². The van der Waals surface area contributed by atoms with Crippen molar-refractivity contribution >= 4 is 34.8 Å². The van der Waals surface area contributed by atoms with E-state index in [1.54, 1.807) is 19.1 Å². The highest BCUT2D eigenvalue weighted by Crippen LogP contribution is 2.26. The Kier molecular flexibility index (Phi) is 5.63. The first-order valence-corrected chi connectivity index (χ1v) is 9.50. The van der Waals surface area contributed by atoms with E-state index >= 15 is 0 Å². The summed E-state index contributed by atoms with van der Waals surface area (Å²) in [5.74, 6) is -1.46. The first-order chi connectivity index (χ1) is 10.0. The third kappa shape index (κ3) is 3.97. The van der Waals surface area contributed by atoms with Crippen LogP contribution in [0.3, 0.4) is 0 Å². The molecule has 0 aromatic rings. The number of Topliss-reactive ketones (excluding diaryl/α,β-unsaturated/α-hetero) is 1. The molecule has 8 heteroatoms. The van der Waals surface area contributed by atoms with Gasteiger partial charge in [0.05, 0.1) is 6.10 Å². The second-order valence-corrected chi connectivity index (χ2v) is 6.75. The highest BCUT2D eigenvalue weighted by atomic mass is 32.0. The third-order valence-corrected chi connectivity index (χ3v) is 5.08. The highest BCUT2D eigenvalue weighted by Gasteiger charge is 2.35. The van der Waals surface area contributed by atoms with Crippen LogP contribution in [0.5, 0.6) is 0 Å². The van der Waals surface area contributed by atoms with Gasteiger partial charge in [-0.05, 0) is 13.3 Å². The van der Waals surface area contributed by atoms with Gasteiger partial charge in [0.15, 0.2) is 5.78 Å². The van der Waals surface area contributed by atoms with Crippen LogP contribution in [0.25, 0.3) is 0 Å². The van der Waals surface area contributed by atoms with Crippen LogP contribution in [0.2, 0.25) is 0 Å². The normalized spacial score (nSPS) is 26.2. The molecule has 1 heterocycles. The van der Waals surface area contributed by atoms with E-state index in [-0.39, 0.29) is 38.6 Å². The van der Waals surface area contributed by atoms with E-state index in [9.17, 15) is 14.4 Å². The second-order valence-electron chi connectivity index (χ2n) is 4.84. The van der Waals surface area contributed by atoms with E-state index in [0.717, 1.165) is 6.42 Å². The summed E-state index contributed by atoms with van der Waals surface area (Å²) in [7, 11) is 2.57. The van der Waals surface area contributed by atoms with Gasteiger partial charge in [0.2, 0.25) is 5.91 Å². The lowest BCUT2D eigenvalue weighted by molar-refractivity contribution is -0.128. The fraction of sp³-hybridized carbons (Fsp3) is 0.462. The maximum absolute atomic E-state index is 12.2. The zero-order chi connectivity index (χ0) is 15.4. The van der Waals surface area contributed by atoms with Crippen LogP contribution in [-0.2, 0) is 19.1 Å². The van der Waals surface area contributed by atoms with E-state index in [1.807, 2.05) is 6.08 Å². The summed E-state index contributed by atoms with van der Waals surface area (Å²) in [6, 6.07) is -0.635. The smallest absolute Gasteiger partial charge is 0.251 e. The number of carbonyl (C=O) groups is 3. The number of allylic oxidation sites excluding steroid dienone is 2. The molecule has 2 rings (SSSR count).